The minimum absolute atomic E-state index is 0.124. The molecule has 5 N–H and O–H groups in total. The quantitative estimate of drug-likeness (QED) is 0.618. The summed E-state index contributed by atoms with van der Waals surface area (Å²) in [7, 11) is 1.59. The molecule has 128 valence electrons. The molecule has 0 aromatic heterocycles. The number of rotatable bonds is 9. The van der Waals surface area contributed by atoms with Gasteiger partial charge in [-0.2, -0.15) is 0 Å². The zero-order chi connectivity index (χ0) is 17.4. The number of nitrogens with two attached hydrogens (primary N) is 2. The van der Waals surface area contributed by atoms with Gasteiger partial charge in [-0.05, 0) is 36.5 Å². The molecular weight excluding hydrogens is 294 g/mol. The molecule has 1 amide bonds. The van der Waals surface area contributed by atoms with Gasteiger partial charge < -0.3 is 21.5 Å². The largest absolute Gasteiger partial charge is 0.497 e. The molecule has 23 heavy (non-hydrogen) atoms. The Morgan fingerprint density at radius 1 is 1.22 bits per heavy atom. The lowest BCUT2D eigenvalue weighted by Gasteiger charge is -2.20. The number of methoxy groups -OCH3 is 1. The molecule has 0 aliphatic carbocycles. The standard InChI is InChI=1S/C17H27N3O3/c1-11(2)8-14(19)17(22)20-15(16(21)10-18)9-12-4-6-13(23-3)7-5-12/h4-7,11,14-15H,8-10,18-19H2,1-3H3,(H,20,22)/t14-,15-/m0/s1. The molecule has 0 bridgehead atoms. The molecule has 0 saturated heterocycles. The van der Waals surface area contributed by atoms with E-state index in [4.69, 9.17) is 16.2 Å². The Kier molecular flexibility index (Phi) is 7.71. The molecular formula is C17H27N3O3. The van der Waals surface area contributed by atoms with Crippen LogP contribution in [0.5, 0.6) is 5.75 Å². The molecule has 1 rings (SSSR count). The van der Waals surface area contributed by atoms with Gasteiger partial charge in [0.15, 0.2) is 5.78 Å². The summed E-state index contributed by atoms with van der Waals surface area (Å²) in [5, 5.41) is 2.73. The van der Waals surface area contributed by atoms with Gasteiger partial charge >= 0.3 is 0 Å². The number of hydrogen-bond acceptors (Lipinski definition) is 5. The summed E-state index contributed by atoms with van der Waals surface area (Å²) in [6.07, 6.45) is 0.943. The van der Waals surface area contributed by atoms with Gasteiger partial charge in [0, 0.05) is 0 Å². The fraction of sp³-hybridized carbons (Fsp3) is 0.529. The van der Waals surface area contributed by atoms with E-state index in [1.54, 1.807) is 7.11 Å². The predicted octanol–water partition coefficient (Wildman–Crippen LogP) is 0.624. The highest BCUT2D eigenvalue weighted by atomic mass is 16.5. The summed E-state index contributed by atoms with van der Waals surface area (Å²) in [5.74, 6) is 0.504. The van der Waals surface area contributed by atoms with Crippen molar-refractivity contribution in [1.82, 2.24) is 5.32 Å². The normalized spacial score (nSPS) is 13.5. The first-order valence-electron chi connectivity index (χ1n) is 7.79. The van der Waals surface area contributed by atoms with Gasteiger partial charge in [0.2, 0.25) is 5.91 Å². The molecule has 2 atom stereocenters. The van der Waals surface area contributed by atoms with Gasteiger partial charge in [-0.1, -0.05) is 26.0 Å². The molecule has 0 aliphatic heterocycles. The maximum atomic E-state index is 12.2. The van der Waals surface area contributed by atoms with E-state index in [-0.39, 0.29) is 18.2 Å². The summed E-state index contributed by atoms with van der Waals surface area (Å²) >= 11 is 0. The van der Waals surface area contributed by atoms with Crippen molar-refractivity contribution in [2.24, 2.45) is 17.4 Å². The minimum Gasteiger partial charge on any atom is -0.497 e. The third-order valence-electron chi connectivity index (χ3n) is 3.57. The van der Waals surface area contributed by atoms with Crippen molar-refractivity contribution in [3.8, 4) is 5.75 Å². The van der Waals surface area contributed by atoms with Crippen LogP contribution in [0.4, 0.5) is 0 Å². The van der Waals surface area contributed by atoms with E-state index < -0.39 is 12.1 Å². The van der Waals surface area contributed by atoms with Crippen LogP contribution in [0.25, 0.3) is 0 Å². The van der Waals surface area contributed by atoms with E-state index >= 15 is 0 Å². The summed E-state index contributed by atoms with van der Waals surface area (Å²) in [6, 6.07) is 6.04. The SMILES string of the molecule is COc1ccc(C[C@H](NC(=O)[C@@H](N)CC(C)C)C(=O)CN)cc1. The third-order valence-corrected chi connectivity index (χ3v) is 3.57. The van der Waals surface area contributed by atoms with Gasteiger partial charge in [0.1, 0.15) is 5.75 Å². The Labute approximate surface area is 137 Å². The van der Waals surface area contributed by atoms with Gasteiger partial charge in [-0.3, -0.25) is 9.59 Å². The molecule has 0 saturated carbocycles. The number of hydrogen-bond donors (Lipinski definition) is 3. The molecule has 6 nitrogen and oxygen atoms in total. The van der Waals surface area contributed by atoms with E-state index in [0.29, 0.717) is 18.8 Å². The van der Waals surface area contributed by atoms with Gasteiger partial charge in [-0.25, -0.2) is 0 Å². The zero-order valence-corrected chi connectivity index (χ0v) is 14.0. The number of ether oxygens (including phenoxy) is 1. The van der Waals surface area contributed by atoms with Crippen LogP contribution in [-0.2, 0) is 16.0 Å². The molecule has 0 radical (unpaired) electrons. The molecule has 1 aromatic rings. The van der Waals surface area contributed by atoms with E-state index in [9.17, 15) is 9.59 Å². The summed E-state index contributed by atoms with van der Waals surface area (Å²) in [5.41, 5.74) is 12.2. The second-order valence-electron chi connectivity index (χ2n) is 6.02. The average molecular weight is 321 g/mol. The highest BCUT2D eigenvalue weighted by Gasteiger charge is 2.23. The topological polar surface area (TPSA) is 107 Å². The van der Waals surface area contributed by atoms with Crippen LogP contribution in [0.2, 0.25) is 0 Å². The molecule has 0 aliphatic rings. The van der Waals surface area contributed by atoms with Crippen molar-refractivity contribution in [2.75, 3.05) is 13.7 Å². The lowest BCUT2D eigenvalue weighted by Crippen LogP contribution is -2.51. The van der Waals surface area contributed by atoms with Crippen LogP contribution in [-0.4, -0.2) is 37.4 Å². The summed E-state index contributed by atoms with van der Waals surface area (Å²) in [4.78, 5) is 24.2. The molecule has 0 spiro atoms. The smallest absolute Gasteiger partial charge is 0.237 e. The molecule has 6 heteroatoms. The highest BCUT2D eigenvalue weighted by molar-refractivity contribution is 5.91. The number of Topliss-reactive ketones (excluding diaryl/α,β-unsaturated/α-hetero) is 1. The Morgan fingerprint density at radius 3 is 2.30 bits per heavy atom. The third kappa shape index (κ3) is 6.38. The van der Waals surface area contributed by atoms with Crippen LogP contribution in [0, 0.1) is 5.92 Å². The Balaban J connectivity index is 2.75. The van der Waals surface area contributed by atoms with Crippen molar-refractivity contribution < 1.29 is 14.3 Å². The van der Waals surface area contributed by atoms with Gasteiger partial charge in [-0.15, -0.1) is 0 Å². The average Bonchev–Trinajstić information content (AvgIpc) is 2.53. The minimum atomic E-state index is -0.667. The first-order chi connectivity index (χ1) is 10.9. The first-order valence-corrected chi connectivity index (χ1v) is 7.79. The number of benzene rings is 1. The van der Waals surface area contributed by atoms with Gasteiger partial charge in [0.05, 0.1) is 25.7 Å². The number of ketones is 1. The van der Waals surface area contributed by atoms with E-state index in [1.165, 1.54) is 0 Å². The highest BCUT2D eigenvalue weighted by Crippen LogP contribution is 2.13. The van der Waals surface area contributed by atoms with Crippen molar-refractivity contribution in [2.45, 2.75) is 38.8 Å². The zero-order valence-electron chi connectivity index (χ0n) is 14.0. The Bertz CT molecular complexity index is 514. The number of carbonyl (C=O) groups excluding carboxylic acids is 2. The summed E-state index contributed by atoms with van der Waals surface area (Å²) in [6.45, 7) is 3.86. The van der Waals surface area contributed by atoms with Crippen LogP contribution < -0.4 is 21.5 Å². The number of carbonyl (C=O) groups is 2. The fourth-order valence-corrected chi connectivity index (χ4v) is 2.28. The van der Waals surface area contributed by atoms with Gasteiger partial charge in [0.25, 0.3) is 0 Å². The van der Waals surface area contributed by atoms with E-state index in [1.807, 2.05) is 38.1 Å². The Morgan fingerprint density at radius 2 is 1.83 bits per heavy atom. The maximum absolute atomic E-state index is 12.2. The summed E-state index contributed by atoms with van der Waals surface area (Å²) < 4.78 is 5.10. The van der Waals surface area contributed by atoms with Crippen molar-refractivity contribution in [1.29, 1.82) is 0 Å². The van der Waals surface area contributed by atoms with Crippen LogP contribution in [0.15, 0.2) is 24.3 Å². The van der Waals surface area contributed by atoms with E-state index in [2.05, 4.69) is 5.32 Å². The molecule has 1 aromatic carbocycles. The van der Waals surface area contributed by atoms with Crippen LogP contribution in [0.3, 0.4) is 0 Å². The van der Waals surface area contributed by atoms with Crippen molar-refractivity contribution in [3.05, 3.63) is 29.8 Å². The predicted molar refractivity (Wildman–Crippen MR) is 90.1 cm³/mol. The first kappa shape index (κ1) is 19.1. The fourth-order valence-electron chi connectivity index (χ4n) is 2.28. The van der Waals surface area contributed by atoms with Crippen molar-refractivity contribution >= 4 is 11.7 Å². The molecule has 0 heterocycles. The van der Waals surface area contributed by atoms with Crippen molar-refractivity contribution in [3.63, 3.8) is 0 Å². The maximum Gasteiger partial charge on any atom is 0.237 e. The van der Waals surface area contributed by atoms with Crippen LogP contribution in [0.1, 0.15) is 25.8 Å². The monoisotopic (exact) mass is 321 g/mol. The number of nitrogens with one attached hydrogen (secondary N) is 1. The second-order valence-corrected chi connectivity index (χ2v) is 6.02. The number of amides is 1. The van der Waals surface area contributed by atoms with Crippen LogP contribution >= 0.6 is 0 Å². The lowest BCUT2D eigenvalue weighted by atomic mass is 10.00. The second kappa shape index (κ2) is 9.27. The van der Waals surface area contributed by atoms with E-state index in [0.717, 1.165) is 11.3 Å². The molecule has 0 unspecified atom stereocenters. The Hall–Kier alpha value is -1.92. The lowest BCUT2D eigenvalue weighted by molar-refractivity contribution is -0.128. The molecule has 0 fully saturated rings.